The summed E-state index contributed by atoms with van der Waals surface area (Å²) >= 11 is 0. The van der Waals surface area contributed by atoms with Crippen LogP contribution in [0.4, 0.5) is 0 Å². The highest BCUT2D eigenvalue weighted by Gasteiger charge is 2.25. The van der Waals surface area contributed by atoms with Crippen LogP contribution in [0.25, 0.3) is 0 Å². The van der Waals surface area contributed by atoms with Crippen LogP contribution in [0.15, 0.2) is 29.2 Å². The summed E-state index contributed by atoms with van der Waals surface area (Å²) in [6.45, 7) is 9.46. The van der Waals surface area contributed by atoms with E-state index in [2.05, 4.69) is 33.0 Å². The fourth-order valence-corrected chi connectivity index (χ4v) is 3.14. The second kappa shape index (κ2) is 6.06. The first kappa shape index (κ1) is 16.2. The molecule has 1 unspecified atom stereocenters. The molecule has 1 rings (SSSR count). The molecule has 0 aliphatic carbocycles. The maximum Gasteiger partial charge on any atom is 0.175 e. The topological polar surface area (TPSA) is 46.2 Å². The Labute approximate surface area is 117 Å². The molecule has 0 aliphatic heterocycles. The molecule has 4 heteroatoms. The van der Waals surface area contributed by atoms with Gasteiger partial charge in [-0.2, -0.15) is 0 Å². The molecule has 1 N–H and O–H groups in total. The van der Waals surface area contributed by atoms with Crippen LogP contribution in [0.2, 0.25) is 0 Å². The molecule has 0 saturated heterocycles. The summed E-state index contributed by atoms with van der Waals surface area (Å²) in [6.07, 6.45) is 1.99. The van der Waals surface area contributed by atoms with E-state index in [0.717, 1.165) is 18.5 Å². The first-order valence-electron chi connectivity index (χ1n) is 6.67. The molecule has 1 atom stereocenters. The Hall–Kier alpha value is -0.870. The minimum absolute atomic E-state index is 0.0840. The van der Waals surface area contributed by atoms with Crippen molar-refractivity contribution >= 4 is 9.84 Å². The Kier molecular flexibility index (Phi) is 5.16. The van der Waals surface area contributed by atoms with Crippen molar-refractivity contribution in [1.82, 2.24) is 5.32 Å². The monoisotopic (exact) mass is 283 g/mol. The molecule has 108 valence electrons. The molecule has 0 amide bonds. The van der Waals surface area contributed by atoms with E-state index in [1.807, 2.05) is 12.1 Å². The van der Waals surface area contributed by atoms with Gasteiger partial charge in [-0.1, -0.05) is 45.9 Å². The molecule has 3 nitrogen and oxygen atoms in total. The van der Waals surface area contributed by atoms with Crippen molar-refractivity contribution in [2.45, 2.75) is 45.1 Å². The zero-order valence-corrected chi connectivity index (χ0v) is 13.3. The number of rotatable bonds is 5. The van der Waals surface area contributed by atoms with E-state index in [-0.39, 0.29) is 11.5 Å². The Morgan fingerprint density at radius 3 is 2.26 bits per heavy atom. The molecular weight excluding hydrogens is 258 g/mol. The highest BCUT2D eigenvalue weighted by molar-refractivity contribution is 7.90. The second-order valence-electron chi connectivity index (χ2n) is 6.06. The molecular formula is C15H25NO2S. The first-order valence-corrected chi connectivity index (χ1v) is 8.56. The zero-order valence-electron chi connectivity index (χ0n) is 12.5. The van der Waals surface area contributed by atoms with Gasteiger partial charge in [0.1, 0.15) is 0 Å². The molecule has 0 saturated carbocycles. The van der Waals surface area contributed by atoms with E-state index in [4.69, 9.17) is 0 Å². The van der Waals surface area contributed by atoms with E-state index in [9.17, 15) is 8.42 Å². The van der Waals surface area contributed by atoms with Gasteiger partial charge in [-0.3, -0.25) is 0 Å². The average molecular weight is 283 g/mol. The van der Waals surface area contributed by atoms with Crippen molar-refractivity contribution in [2.24, 2.45) is 5.41 Å². The van der Waals surface area contributed by atoms with Crippen molar-refractivity contribution in [3.05, 3.63) is 29.8 Å². The maximum absolute atomic E-state index is 11.8. The van der Waals surface area contributed by atoms with Crippen LogP contribution in [0.3, 0.4) is 0 Å². The van der Waals surface area contributed by atoms with Gasteiger partial charge in [-0.05, 0) is 30.0 Å². The lowest BCUT2D eigenvalue weighted by Crippen LogP contribution is -2.42. The largest absolute Gasteiger partial charge is 0.313 e. The molecule has 0 spiro atoms. The van der Waals surface area contributed by atoms with E-state index < -0.39 is 9.84 Å². The summed E-state index contributed by atoms with van der Waals surface area (Å²) < 4.78 is 23.6. The molecule has 0 heterocycles. The van der Waals surface area contributed by atoms with Gasteiger partial charge < -0.3 is 5.32 Å². The summed E-state index contributed by atoms with van der Waals surface area (Å²) in [6, 6.07) is 7.53. The van der Waals surface area contributed by atoms with Gasteiger partial charge in [0.25, 0.3) is 0 Å². The van der Waals surface area contributed by atoms with Gasteiger partial charge in [0.15, 0.2) is 9.84 Å². The quantitative estimate of drug-likeness (QED) is 0.903. The summed E-state index contributed by atoms with van der Waals surface area (Å²) in [5, 5.41) is 3.45. The Balaban J connectivity index is 3.11. The van der Waals surface area contributed by atoms with Crippen molar-refractivity contribution in [3.8, 4) is 0 Å². The third kappa shape index (κ3) is 4.62. The van der Waals surface area contributed by atoms with Crippen molar-refractivity contribution in [2.75, 3.05) is 12.8 Å². The standard InChI is InChI=1S/C15H25NO2S/c1-6-16-14(15(2,3)4)11-12-9-7-8-10-13(12)19(5,17)18/h7-10,14,16H,6,11H2,1-5H3. The smallest absolute Gasteiger partial charge is 0.175 e. The number of hydrogen-bond acceptors (Lipinski definition) is 3. The highest BCUT2D eigenvalue weighted by atomic mass is 32.2. The fourth-order valence-electron chi connectivity index (χ4n) is 2.19. The van der Waals surface area contributed by atoms with E-state index in [0.29, 0.717) is 4.90 Å². The average Bonchev–Trinajstić information content (AvgIpc) is 2.26. The minimum atomic E-state index is -3.17. The number of hydrogen-bond donors (Lipinski definition) is 1. The number of nitrogens with one attached hydrogen (secondary N) is 1. The van der Waals surface area contributed by atoms with Crippen LogP contribution >= 0.6 is 0 Å². The van der Waals surface area contributed by atoms with Crippen LogP contribution in [0.5, 0.6) is 0 Å². The van der Waals surface area contributed by atoms with Gasteiger partial charge in [0, 0.05) is 12.3 Å². The summed E-state index contributed by atoms with van der Waals surface area (Å²) in [5.41, 5.74) is 0.978. The van der Waals surface area contributed by atoms with Gasteiger partial charge in [-0.25, -0.2) is 8.42 Å². The highest BCUT2D eigenvalue weighted by Crippen LogP contribution is 2.25. The number of benzene rings is 1. The van der Waals surface area contributed by atoms with E-state index >= 15 is 0 Å². The Morgan fingerprint density at radius 2 is 1.79 bits per heavy atom. The molecule has 0 aromatic heterocycles. The van der Waals surface area contributed by atoms with Crippen molar-refractivity contribution in [1.29, 1.82) is 0 Å². The Morgan fingerprint density at radius 1 is 1.21 bits per heavy atom. The first-order chi connectivity index (χ1) is 8.66. The minimum Gasteiger partial charge on any atom is -0.313 e. The predicted molar refractivity (Wildman–Crippen MR) is 80.2 cm³/mol. The van der Waals surface area contributed by atoms with Crippen LogP contribution in [0, 0.1) is 5.41 Å². The van der Waals surface area contributed by atoms with Gasteiger partial charge in [-0.15, -0.1) is 0 Å². The predicted octanol–water partition coefficient (Wildman–Crippen LogP) is 2.66. The van der Waals surface area contributed by atoms with Gasteiger partial charge >= 0.3 is 0 Å². The second-order valence-corrected chi connectivity index (χ2v) is 8.04. The number of likely N-dealkylation sites (N-methyl/N-ethyl adjacent to an activating group) is 1. The van der Waals surface area contributed by atoms with Crippen LogP contribution in [0.1, 0.15) is 33.3 Å². The van der Waals surface area contributed by atoms with Crippen LogP contribution in [-0.2, 0) is 16.3 Å². The lowest BCUT2D eigenvalue weighted by atomic mass is 9.83. The number of sulfone groups is 1. The van der Waals surface area contributed by atoms with Crippen LogP contribution < -0.4 is 5.32 Å². The van der Waals surface area contributed by atoms with Crippen LogP contribution in [-0.4, -0.2) is 27.3 Å². The molecule has 1 aromatic carbocycles. The normalized spacial score (nSPS) is 14.4. The van der Waals surface area contributed by atoms with Crippen molar-refractivity contribution < 1.29 is 8.42 Å². The lowest BCUT2D eigenvalue weighted by Gasteiger charge is -2.32. The van der Waals surface area contributed by atoms with Crippen molar-refractivity contribution in [3.63, 3.8) is 0 Å². The molecule has 0 aliphatic rings. The molecule has 0 fully saturated rings. The summed E-state index contributed by atoms with van der Waals surface area (Å²) in [4.78, 5) is 0.446. The maximum atomic E-state index is 11.8. The third-order valence-corrected chi connectivity index (χ3v) is 4.49. The third-order valence-electron chi connectivity index (χ3n) is 3.29. The SMILES string of the molecule is CCNC(Cc1ccccc1S(C)(=O)=O)C(C)(C)C. The van der Waals surface area contributed by atoms with Gasteiger partial charge in [0.2, 0.25) is 0 Å². The van der Waals surface area contributed by atoms with E-state index in [1.165, 1.54) is 6.26 Å². The zero-order chi connectivity index (χ0) is 14.7. The summed E-state index contributed by atoms with van der Waals surface area (Å²) in [7, 11) is -3.17. The molecule has 0 radical (unpaired) electrons. The molecule has 19 heavy (non-hydrogen) atoms. The fraction of sp³-hybridized carbons (Fsp3) is 0.600. The van der Waals surface area contributed by atoms with Gasteiger partial charge in [0.05, 0.1) is 4.90 Å². The summed E-state index contributed by atoms with van der Waals surface area (Å²) in [5.74, 6) is 0. The Bertz CT molecular complexity index is 515. The lowest BCUT2D eigenvalue weighted by molar-refractivity contribution is 0.269. The van der Waals surface area contributed by atoms with E-state index in [1.54, 1.807) is 12.1 Å². The molecule has 1 aromatic rings. The molecule has 0 bridgehead atoms.